The van der Waals surface area contributed by atoms with Gasteiger partial charge < -0.3 is 0 Å². The molecule has 1 aromatic carbocycles. The van der Waals surface area contributed by atoms with Gasteiger partial charge in [0.1, 0.15) is 6.20 Å². The topological polar surface area (TPSA) is 12.9 Å². The monoisotopic (exact) mass is 216 g/mol. The number of benzene rings is 1. The number of rotatable bonds is 1. The summed E-state index contributed by atoms with van der Waals surface area (Å²) in [6.45, 7) is 6.63. The molecule has 0 amide bonds. The molecule has 15 heavy (non-hydrogen) atoms. The summed E-state index contributed by atoms with van der Waals surface area (Å²) in [5.41, 5.74) is 2.49. The van der Waals surface area contributed by atoms with Crippen LogP contribution in [0.4, 0.5) is 0 Å². The van der Waals surface area contributed by atoms with Gasteiger partial charge in [-0.3, -0.25) is 0 Å². The van der Waals surface area contributed by atoms with Gasteiger partial charge in [0.25, 0.3) is 0 Å². The Morgan fingerprint density at radius 2 is 1.80 bits per heavy atom. The van der Waals surface area contributed by atoms with E-state index in [4.69, 9.17) is 0 Å². The van der Waals surface area contributed by atoms with Crippen LogP contribution in [0.1, 0.15) is 25.6 Å². The van der Waals surface area contributed by atoms with Gasteiger partial charge in [-0.1, -0.05) is 51.1 Å². The maximum Gasteiger partial charge on any atom is 0.112 e. The molecule has 1 aromatic heterocycles. The molecule has 0 spiro atoms. The van der Waals surface area contributed by atoms with E-state index in [-0.39, 0.29) is 5.41 Å². The van der Waals surface area contributed by atoms with Crippen molar-refractivity contribution in [3.05, 3.63) is 41.4 Å². The van der Waals surface area contributed by atoms with Gasteiger partial charge in [-0.05, 0) is 22.5 Å². The Bertz CT molecular complexity index is 437. The average molecular weight is 216 g/mol. The molecule has 0 saturated carbocycles. The number of hydrogen-bond acceptors (Lipinski definition) is 2. The minimum atomic E-state index is 0.142. The maximum atomic E-state index is 4.18. The van der Waals surface area contributed by atoms with Crippen LogP contribution in [-0.2, 0) is 5.41 Å². The second-order valence-electron chi connectivity index (χ2n) is 4.61. The standard InChI is InChI=1S/C13H14NS/c1-13(2,3)12-11(9-14-15-12)10-7-5-4-6-8-10/h4-8H,1-3H3. The highest BCUT2D eigenvalue weighted by atomic mass is 32.1. The Morgan fingerprint density at radius 1 is 1.13 bits per heavy atom. The lowest BCUT2D eigenvalue weighted by Gasteiger charge is -2.17. The third-order valence-corrected chi connectivity index (χ3v) is 3.45. The van der Waals surface area contributed by atoms with Crippen LogP contribution in [0.2, 0.25) is 0 Å². The summed E-state index contributed by atoms with van der Waals surface area (Å²) in [4.78, 5) is 1.30. The highest BCUT2D eigenvalue weighted by molar-refractivity contribution is 7.06. The Morgan fingerprint density at radius 3 is 2.40 bits per heavy atom. The lowest BCUT2D eigenvalue weighted by Crippen LogP contribution is -2.09. The summed E-state index contributed by atoms with van der Waals surface area (Å²) in [5, 5.41) is 0. The van der Waals surface area contributed by atoms with E-state index >= 15 is 0 Å². The molecule has 0 aliphatic heterocycles. The lowest BCUT2D eigenvalue weighted by atomic mass is 9.90. The predicted molar refractivity (Wildman–Crippen MR) is 65.1 cm³/mol. The van der Waals surface area contributed by atoms with Crippen molar-refractivity contribution in [3.63, 3.8) is 0 Å². The smallest absolute Gasteiger partial charge is 0.112 e. The molecule has 0 saturated heterocycles. The van der Waals surface area contributed by atoms with E-state index in [0.29, 0.717) is 0 Å². The highest BCUT2D eigenvalue weighted by Crippen LogP contribution is 2.35. The Balaban J connectivity index is 2.51. The van der Waals surface area contributed by atoms with Gasteiger partial charge >= 0.3 is 0 Å². The summed E-state index contributed by atoms with van der Waals surface area (Å²) in [5.74, 6) is 0. The van der Waals surface area contributed by atoms with E-state index in [1.807, 2.05) is 18.2 Å². The second-order valence-corrected chi connectivity index (χ2v) is 5.39. The van der Waals surface area contributed by atoms with Gasteiger partial charge in [-0.2, -0.15) is 4.37 Å². The van der Waals surface area contributed by atoms with Crippen LogP contribution in [0, 0.1) is 6.20 Å². The predicted octanol–water partition coefficient (Wildman–Crippen LogP) is 3.91. The fraction of sp³-hybridized carbons (Fsp3) is 0.308. The first-order chi connectivity index (χ1) is 7.09. The molecule has 0 atom stereocenters. The fourth-order valence-electron chi connectivity index (χ4n) is 1.52. The molecule has 0 fully saturated rings. The quantitative estimate of drug-likeness (QED) is 0.704. The van der Waals surface area contributed by atoms with E-state index in [2.05, 4.69) is 43.5 Å². The van der Waals surface area contributed by atoms with Crippen molar-refractivity contribution in [1.82, 2.24) is 4.37 Å². The number of nitrogens with zero attached hydrogens (tertiary/aromatic N) is 1. The zero-order chi connectivity index (χ0) is 10.9. The largest absolute Gasteiger partial charge is 0.190 e. The zero-order valence-corrected chi connectivity index (χ0v) is 10.1. The molecule has 0 bridgehead atoms. The summed E-state index contributed by atoms with van der Waals surface area (Å²) in [7, 11) is 0. The van der Waals surface area contributed by atoms with Crippen LogP contribution in [0.5, 0.6) is 0 Å². The van der Waals surface area contributed by atoms with Gasteiger partial charge in [0.2, 0.25) is 0 Å². The van der Waals surface area contributed by atoms with Crippen LogP contribution >= 0.6 is 11.5 Å². The van der Waals surface area contributed by atoms with Crippen LogP contribution in [0.3, 0.4) is 0 Å². The average Bonchev–Trinajstić information content (AvgIpc) is 2.67. The first-order valence-electron chi connectivity index (χ1n) is 5.02. The molecule has 2 aromatic rings. The van der Waals surface area contributed by atoms with Crippen molar-refractivity contribution in [1.29, 1.82) is 0 Å². The van der Waals surface area contributed by atoms with Crippen molar-refractivity contribution in [2.24, 2.45) is 0 Å². The van der Waals surface area contributed by atoms with Crippen molar-refractivity contribution >= 4 is 11.5 Å². The lowest BCUT2D eigenvalue weighted by molar-refractivity contribution is 0.605. The first kappa shape index (κ1) is 10.4. The van der Waals surface area contributed by atoms with Crippen molar-refractivity contribution < 1.29 is 0 Å². The molecule has 0 aliphatic carbocycles. The van der Waals surface area contributed by atoms with Crippen LogP contribution in [-0.4, -0.2) is 4.37 Å². The minimum absolute atomic E-state index is 0.142. The molecule has 0 N–H and O–H groups in total. The molecule has 2 heteroatoms. The molecular formula is C13H14NS. The summed E-state index contributed by atoms with van der Waals surface area (Å²) >= 11 is 1.55. The van der Waals surface area contributed by atoms with Crippen LogP contribution in [0.15, 0.2) is 30.3 Å². The first-order valence-corrected chi connectivity index (χ1v) is 5.79. The molecule has 1 nitrogen and oxygen atoms in total. The Kier molecular flexibility index (Phi) is 2.61. The van der Waals surface area contributed by atoms with E-state index in [9.17, 15) is 0 Å². The summed E-state index contributed by atoms with van der Waals surface area (Å²) in [6.07, 6.45) is 3.10. The molecule has 1 radical (unpaired) electrons. The maximum absolute atomic E-state index is 4.18. The second kappa shape index (κ2) is 3.78. The third-order valence-electron chi connectivity index (χ3n) is 2.27. The molecule has 1 heterocycles. The van der Waals surface area contributed by atoms with Gasteiger partial charge in [0.15, 0.2) is 0 Å². The van der Waals surface area contributed by atoms with Crippen LogP contribution < -0.4 is 0 Å². The SMILES string of the molecule is CC(C)(C)c1sn[c]c1-c1ccccc1. The van der Waals surface area contributed by atoms with E-state index in [1.165, 1.54) is 10.4 Å². The van der Waals surface area contributed by atoms with Crippen LogP contribution in [0.25, 0.3) is 11.1 Å². The number of aromatic nitrogens is 1. The molecule has 0 aliphatic rings. The summed E-state index contributed by atoms with van der Waals surface area (Å²) in [6, 6.07) is 10.3. The van der Waals surface area contributed by atoms with Crippen molar-refractivity contribution in [2.75, 3.05) is 0 Å². The van der Waals surface area contributed by atoms with Gasteiger partial charge in [0.05, 0.1) is 0 Å². The molecule has 77 valence electrons. The summed E-state index contributed by atoms with van der Waals surface area (Å²) < 4.78 is 4.18. The number of hydrogen-bond donors (Lipinski definition) is 0. The normalized spacial score (nSPS) is 11.7. The van der Waals surface area contributed by atoms with E-state index in [1.54, 1.807) is 11.5 Å². The Hall–Kier alpha value is -1.15. The molecular weight excluding hydrogens is 202 g/mol. The van der Waals surface area contributed by atoms with E-state index < -0.39 is 0 Å². The van der Waals surface area contributed by atoms with Crippen molar-refractivity contribution in [2.45, 2.75) is 26.2 Å². The minimum Gasteiger partial charge on any atom is -0.190 e. The zero-order valence-electron chi connectivity index (χ0n) is 9.24. The van der Waals surface area contributed by atoms with E-state index in [0.717, 1.165) is 5.56 Å². The Labute approximate surface area is 94.9 Å². The van der Waals surface area contributed by atoms with Crippen molar-refractivity contribution in [3.8, 4) is 11.1 Å². The van der Waals surface area contributed by atoms with Gasteiger partial charge in [-0.25, -0.2) is 0 Å². The van der Waals surface area contributed by atoms with Gasteiger partial charge in [0, 0.05) is 10.4 Å². The third kappa shape index (κ3) is 2.10. The fourth-order valence-corrected chi connectivity index (χ4v) is 2.28. The molecule has 2 rings (SSSR count). The molecule has 0 unspecified atom stereocenters. The highest BCUT2D eigenvalue weighted by Gasteiger charge is 2.21. The van der Waals surface area contributed by atoms with Gasteiger partial charge in [-0.15, -0.1) is 0 Å².